The average Bonchev–Trinajstić information content (AvgIpc) is 3.09. The van der Waals surface area contributed by atoms with Crippen molar-refractivity contribution in [3.63, 3.8) is 0 Å². The first-order chi connectivity index (χ1) is 12.6. The lowest BCUT2D eigenvalue weighted by Crippen LogP contribution is -2.12. The summed E-state index contributed by atoms with van der Waals surface area (Å²) in [5, 5.41) is 2.72. The summed E-state index contributed by atoms with van der Waals surface area (Å²) in [4.78, 5) is 21.0. The van der Waals surface area contributed by atoms with Crippen molar-refractivity contribution in [3.05, 3.63) is 84.1 Å². The highest BCUT2D eigenvalue weighted by Crippen LogP contribution is 2.18. The molecule has 128 valence electrons. The molecule has 0 aliphatic carbocycles. The number of rotatable bonds is 3. The van der Waals surface area contributed by atoms with E-state index in [4.69, 9.17) is 0 Å². The fraction of sp³-hybridized carbons (Fsp3) is 0.0500. The number of halogens is 1. The summed E-state index contributed by atoms with van der Waals surface area (Å²) in [6.45, 7) is 1.65. The minimum atomic E-state index is -0.405. The van der Waals surface area contributed by atoms with Gasteiger partial charge in [0.2, 0.25) is 0 Å². The van der Waals surface area contributed by atoms with Gasteiger partial charge in [-0.2, -0.15) is 0 Å². The molecule has 0 unspecified atom stereocenters. The summed E-state index contributed by atoms with van der Waals surface area (Å²) in [7, 11) is 0. The SMILES string of the molecule is Cc1ccc(C(=O)Nc2ccc(-n3cnc4ccccc43)nc2)cc1F. The smallest absolute Gasteiger partial charge is 0.255 e. The van der Waals surface area contributed by atoms with Crippen molar-refractivity contribution in [1.29, 1.82) is 0 Å². The zero-order valence-electron chi connectivity index (χ0n) is 14.0. The zero-order chi connectivity index (χ0) is 18.1. The van der Waals surface area contributed by atoms with Gasteiger partial charge in [-0.1, -0.05) is 18.2 Å². The number of carbonyl (C=O) groups excluding carboxylic acids is 1. The zero-order valence-corrected chi connectivity index (χ0v) is 14.0. The number of fused-ring (bicyclic) bond motifs is 1. The molecule has 0 saturated heterocycles. The second-order valence-electron chi connectivity index (χ2n) is 5.93. The van der Waals surface area contributed by atoms with Gasteiger partial charge in [0.15, 0.2) is 0 Å². The summed E-state index contributed by atoms with van der Waals surface area (Å²) >= 11 is 0. The minimum Gasteiger partial charge on any atom is -0.321 e. The lowest BCUT2D eigenvalue weighted by Gasteiger charge is -2.08. The van der Waals surface area contributed by atoms with Gasteiger partial charge in [0.05, 0.1) is 22.9 Å². The normalized spacial score (nSPS) is 10.8. The maximum atomic E-state index is 13.6. The lowest BCUT2D eigenvalue weighted by atomic mass is 10.1. The lowest BCUT2D eigenvalue weighted by molar-refractivity contribution is 0.102. The van der Waals surface area contributed by atoms with Crippen LogP contribution in [0.3, 0.4) is 0 Å². The highest BCUT2D eigenvalue weighted by molar-refractivity contribution is 6.04. The number of nitrogens with zero attached hydrogens (tertiary/aromatic N) is 3. The monoisotopic (exact) mass is 346 g/mol. The van der Waals surface area contributed by atoms with Crippen LogP contribution in [0.4, 0.5) is 10.1 Å². The third-order valence-electron chi connectivity index (χ3n) is 4.14. The second kappa shape index (κ2) is 6.40. The van der Waals surface area contributed by atoms with Crippen LogP contribution >= 0.6 is 0 Å². The topological polar surface area (TPSA) is 59.8 Å². The molecule has 1 amide bonds. The average molecular weight is 346 g/mol. The molecule has 4 rings (SSSR count). The van der Waals surface area contributed by atoms with Crippen molar-refractivity contribution >= 4 is 22.6 Å². The molecule has 2 aromatic heterocycles. The highest BCUT2D eigenvalue weighted by atomic mass is 19.1. The van der Waals surface area contributed by atoms with Crippen LogP contribution in [-0.4, -0.2) is 20.4 Å². The van der Waals surface area contributed by atoms with Gasteiger partial charge in [0, 0.05) is 5.56 Å². The van der Waals surface area contributed by atoms with Gasteiger partial charge in [-0.15, -0.1) is 0 Å². The number of aromatic nitrogens is 3. The predicted octanol–water partition coefficient (Wildman–Crippen LogP) is 4.12. The maximum Gasteiger partial charge on any atom is 0.255 e. The summed E-state index contributed by atoms with van der Waals surface area (Å²) in [6.07, 6.45) is 3.27. The molecular weight excluding hydrogens is 331 g/mol. The number of carbonyl (C=O) groups is 1. The van der Waals surface area contributed by atoms with Crippen molar-refractivity contribution in [2.45, 2.75) is 6.92 Å². The fourth-order valence-electron chi connectivity index (χ4n) is 2.68. The van der Waals surface area contributed by atoms with E-state index in [1.165, 1.54) is 6.07 Å². The molecule has 4 aromatic rings. The van der Waals surface area contributed by atoms with Crippen LogP contribution in [0.5, 0.6) is 0 Å². The molecule has 0 aliphatic rings. The van der Waals surface area contributed by atoms with Crippen molar-refractivity contribution in [3.8, 4) is 5.82 Å². The van der Waals surface area contributed by atoms with E-state index in [0.717, 1.165) is 11.0 Å². The minimum absolute atomic E-state index is 0.262. The summed E-state index contributed by atoms with van der Waals surface area (Å²) < 4.78 is 15.5. The standard InChI is InChI=1S/C20H15FN4O/c1-13-6-7-14(10-16(13)21)20(26)24-15-8-9-19(22-11-15)25-12-23-17-4-2-3-5-18(17)25/h2-12H,1H3,(H,24,26). The predicted molar refractivity (Wildman–Crippen MR) is 98.0 cm³/mol. The Bertz CT molecular complexity index is 1100. The first-order valence-corrected chi connectivity index (χ1v) is 8.08. The molecule has 6 heteroatoms. The Hall–Kier alpha value is -3.54. The van der Waals surface area contributed by atoms with Gasteiger partial charge >= 0.3 is 0 Å². The third-order valence-corrected chi connectivity index (χ3v) is 4.14. The number of para-hydroxylation sites is 2. The number of imidazole rings is 1. The Morgan fingerprint density at radius 1 is 1.08 bits per heavy atom. The maximum absolute atomic E-state index is 13.6. The van der Waals surface area contributed by atoms with E-state index in [0.29, 0.717) is 17.1 Å². The van der Waals surface area contributed by atoms with Crippen LogP contribution in [0, 0.1) is 12.7 Å². The van der Waals surface area contributed by atoms with E-state index in [2.05, 4.69) is 15.3 Å². The highest BCUT2D eigenvalue weighted by Gasteiger charge is 2.10. The summed E-state index contributed by atoms with van der Waals surface area (Å²) in [5.74, 6) is -0.0947. The summed E-state index contributed by atoms with van der Waals surface area (Å²) in [5.41, 5.74) is 3.13. The van der Waals surface area contributed by atoms with Gasteiger partial charge in [0.1, 0.15) is 18.0 Å². The van der Waals surface area contributed by atoms with E-state index in [9.17, 15) is 9.18 Å². The summed E-state index contributed by atoms with van der Waals surface area (Å²) in [6, 6.07) is 15.7. The first-order valence-electron chi connectivity index (χ1n) is 8.08. The van der Waals surface area contributed by atoms with Gasteiger partial charge < -0.3 is 5.32 Å². The van der Waals surface area contributed by atoms with Crippen LogP contribution in [-0.2, 0) is 0 Å². The van der Waals surface area contributed by atoms with E-state index < -0.39 is 5.82 Å². The molecule has 0 fully saturated rings. The Kier molecular flexibility index (Phi) is 3.93. The number of benzene rings is 2. The van der Waals surface area contributed by atoms with Gasteiger partial charge in [0.25, 0.3) is 5.91 Å². The Labute approximate surface area is 149 Å². The second-order valence-corrected chi connectivity index (χ2v) is 5.93. The van der Waals surface area contributed by atoms with Crippen LogP contribution in [0.2, 0.25) is 0 Å². The van der Waals surface area contributed by atoms with Crippen molar-refractivity contribution in [1.82, 2.24) is 14.5 Å². The van der Waals surface area contributed by atoms with Gasteiger partial charge in [-0.3, -0.25) is 9.36 Å². The molecule has 1 N–H and O–H groups in total. The molecule has 2 heterocycles. The van der Waals surface area contributed by atoms with Crippen LogP contribution < -0.4 is 5.32 Å². The van der Waals surface area contributed by atoms with Crippen LogP contribution in [0.15, 0.2) is 67.1 Å². The molecule has 0 spiro atoms. The molecule has 5 nitrogen and oxygen atoms in total. The largest absolute Gasteiger partial charge is 0.321 e. The van der Waals surface area contributed by atoms with E-state index >= 15 is 0 Å². The number of pyridine rings is 1. The fourth-order valence-corrected chi connectivity index (χ4v) is 2.68. The number of hydrogen-bond donors (Lipinski definition) is 1. The van der Waals surface area contributed by atoms with Crippen LogP contribution in [0.1, 0.15) is 15.9 Å². The third kappa shape index (κ3) is 2.93. The van der Waals surface area contributed by atoms with Crippen molar-refractivity contribution in [2.75, 3.05) is 5.32 Å². The van der Waals surface area contributed by atoms with E-state index in [1.807, 2.05) is 28.8 Å². The Morgan fingerprint density at radius 2 is 1.92 bits per heavy atom. The van der Waals surface area contributed by atoms with E-state index in [1.54, 1.807) is 43.7 Å². The molecular formula is C20H15FN4O. The molecule has 0 atom stereocenters. The number of anilines is 1. The number of nitrogens with one attached hydrogen (secondary N) is 1. The molecule has 0 aliphatic heterocycles. The first kappa shape index (κ1) is 16.0. The Morgan fingerprint density at radius 3 is 2.69 bits per heavy atom. The van der Waals surface area contributed by atoms with Gasteiger partial charge in [-0.05, 0) is 48.9 Å². The molecule has 2 aromatic carbocycles. The Balaban J connectivity index is 1.56. The number of aryl methyl sites for hydroxylation is 1. The molecule has 26 heavy (non-hydrogen) atoms. The van der Waals surface area contributed by atoms with Crippen molar-refractivity contribution in [2.24, 2.45) is 0 Å². The van der Waals surface area contributed by atoms with E-state index in [-0.39, 0.29) is 11.5 Å². The van der Waals surface area contributed by atoms with Gasteiger partial charge in [-0.25, -0.2) is 14.4 Å². The number of amides is 1. The molecule has 0 bridgehead atoms. The quantitative estimate of drug-likeness (QED) is 0.607. The number of hydrogen-bond acceptors (Lipinski definition) is 3. The van der Waals surface area contributed by atoms with Crippen molar-refractivity contribution < 1.29 is 9.18 Å². The molecule has 0 saturated carbocycles. The van der Waals surface area contributed by atoms with Crippen LogP contribution in [0.25, 0.3) is 16.9 Å². The molecule has 0 radical (unpaired) electrons.